The molecule has 0 aromatic heterocycles. The van der Waals surface area contributed by atoms with Gasteiger partial charge in [-0.15, -0.1) is 0 Å². The van der Waals surface area contributed by atoms with Gasteiger partial charge in [-0.05, 0) is 61.3 Å². The summed E-state index contributed by atoms with van der Waals surface area (Å²) in [5.74, 6) is 1.45. The fourth-order valence-corrected chi connectivity index (χ4v) is 4.04. The molecule has 1 aromatic rings. The van der Waals surface area contributed by atoms with Crippen LogP contribution >= 0.6 is 15.9 Å². The molecule has 0 saturated heterocycles. The second-order valence-corrected chi connectivity index (χ2v) is 7.27. The number of rotatable bonds is 5. The molecule has 2 aliphatic rings. The molecule has 118 valence electrons. The highest BCUT2D eigenvalue weighted by molar-refractivity contribution is 9.10. The minimum absolute atomic E-state index is 0.213. The maximum absolute atomic E-state index is 11.9. The second-order valence-electron chi connectivity index (χ2n) is 6.35. The van der Waals surface area contributed by atoms with Gasteiger partial charge in [-0.2, -0.15) is 0 Å². The van der Waals surface area contributed by atoms with Gasteiger partial charge in [0.15, 0.2) is 6.61 Å². The van der Waals surface area contributed by atoms with Crippen LogP contribution in [0.3, 0.4) is 0 Å². The number of hydrogen-bond donors (Lipinski definition) is 1. The molecule has 4 nitrogen and oxygen atoms in total. The molecule has 1 amide bonds. The Morgan fingerprint density at radius 3 is 2.59 bits per heavy atom. The summed E-state index contributed by atoms with van der Waals surface area (Å²) in [7, 11) is 0. The van der Waals surface area contributed by atoms with Gasteiger partial charge in [0.25, 0.3) is 5.91 Å². The van der Waals surface area contributed by atoms with Crippen molar-refractivity contribution in [1.82, 2.24) is 0 Å². The number of carbonyl (C=O) groups is 2. The molecule has 3 atom stereocenters. The molecule has 3 rings (SSSR count). The molecule has 2 saturated carbocycles. The highest BCUT2D eigenvalue weighted by atomic mass is 79.9. The Hall–Kier alpha value is -1.36. The van der Waals surface area contributed by atoms with Crippen molar-refractivity contribution in [3.05, 3.63) is 28.7 Å². The van der Waals surface area contributed by atoms with Gasteiger partial charge in [-0.1, -0.05) is 22.4 Å². The first-order valence-electron chi connectivity index (χ1n) is 7.81. The van der Waals surface area contributed by atoms with Crippen LogP contribution in [0.25, 0.3) is 0 Å². The van der Waals surface area contributed by atoms with E-state index in [1.54, 1.807) is 12.1 Å². The van der Waals surface area contributed by atoms with Crippen LogP contribution in [0.2, 0.25) is 0 Å². The van der Waals surface area contributed by atoms with Crippen LogP contribution < -0.4 is 5.32 Å². The molecule has 2 aliphatic carbocycles. The molecule has 0 unspecified atom stereocenters. The Labute approximate surface area is 138 Å². The third-order valence-electron chi connectivity index (χ3n) is 4.81. The van der Waals surface area contributed by atoms with Crippen LogP contribution in [-0.4, -0.2) is 18.5 Å². The van der Waals surface area contributed by atoms with E-state index in [1.165, 1.54) is 19.3 Å². The number of amides is 1. The summed E-state index contributed by atoms with van der Waals surface area (Å²) in [5, 5.41) is 2.71. The summed E-state index contributed by atoms with van der Waals surface area (Å²) in [5.41, 5.74) is 0.692. The molecule has 1 aromatic carbocycles. The van der Waals surface area contributed by atoms with Crippen molar-refractivity contribution in [2.75, 3.05) is 11.9 Å². The molecule has 0 aliphatic heterocycles. The summed E-state index contributed by atoms with van der Waals surface area (Å²) >= 11 is 3.33. The topological polar surface area (TPSA) is 55.4 Å². The van der Waals surface area contributed by atoms with Crippen molar-refractivity contribution in [3.63, 3.8) is 0 Å². The van der Waals surface area contributed by atoms with Crippen LogP contribution in [0.4, 0.5) is 5.69 Å². The average Bonchev–Trinajstić information content (AvgIpc) is 3.10. The third kappa shape index (κ3) is 3.88. The fraction of sp³-hybridized carbons (Fsp3) is 0.529. The van der Waals surface area contributed by atoms with Crippen molar-refractivity contribution in [2.45, 2.75) is 32.1 Å². The van der Waals surface area contributed by atoms with Crippen molar-refractivity contribution < 1.29 is 14.3 Å². The van der Waals surface area contributed by atoms with Gasteiger partial charge >= 0.3 is 5.97 Å². The minimum atomic E-state index is -0.302. The van der Waals surface area contributed by atoms with E-state index in [0.29, 0.717) is 23.9 Å². The maximum Gasteiger partial charge on any atom is 0.306 e. The van der Waals surface area contributed by atoms with E-state index in [4.69, 9.17) is 4.74 Å². The highest BCUT2D eigenvalue weighted by Crippen LogP contribution is 2.49. The molecule has 0 radical (unpaired) electrons. The van der Waals surface area contributed by atoms with Gasteiger partial charge in [-0.25, -0.2) is 0 Å². The maximum atomic E-state index is 11.9. The summed E-state index contributed by atoms with van der Waals surface area (Å²) < 4.78 is 6.06. The monoisotopic (exact) mass is 365 g/mol. The number of ether oxygens (including phenoxy) is 1. The first-order valence-corrected chi connectivity index (χ1v) is 8.60. The number of hydrogen-bond acceptors (Lipinski definition) is 3. The number of esters is 1. The van der Waals surface area contributed by atoms with Gasteiger partial charge in [0, 0.05) is 16.6 Å². The van der Waals surface area contributed by atoms with E-state index < -0.39 is 0 Å². The molecule has 1 N–H and O–H groups in total. The van der Waals surface area contributed by atoms with E-state index in [2.05, 4.69) is 21.2 Å². The number of carbonyl (C=O) groups excluding carboxylic acids is 2. The van der Waals surface area contributed by atoms with Gasteiger partial charge < -0.3 is 10.1 Å². The lowest BCUT2D eigenvalue weighted by Crippen LogP contribution is -2.23. The van der Waals surface area contributed by atoms with Crippen molar-refractivity contribution in [3.8, 4) is 0 Å². The zero-order valence-electron chi connectivity index (χ0n) is 12.4. The minimum Gasteiger partial charge on any atom is -0.456 e. The van der Waals surface area contributed by atoms with E-state index in [0.717, 1.165) is 16.8 Å². The van der Waals surface area contributed by atoms with Crippen LogP contribution in [0.15, 0.2) is 28.7 Å². The van der Waals surface area contributed by atoms with E-state index in [1.807, 2.05) is 12.1 Å². The predicted molar refractivity (Wildman–Crippen MR) is 87.3 cm³/mol. The lowest BCUT2D eigenvalue weighted by molar-refractivity contribution is -0.148. The average molecular weight is 366 g/mol. The molecular weight excluding hydrogens is 346 g/mol. The van der Waals surface area contributed by atoms with Crippen LogP contribution in [0.1, 0.15) is 32.1 Å². The Morgan fingerprint density at radius 1 is 1.18 bits per heavy atom. The Kier molecular flexibility index (Phi) is 4.81. The molecule has 2 fully saturated rings. The third-order valence-corrected chi connectivity index (χ3v) is 5.33. The highest BCUT2D eigenvalue weighted by Gasteiger charge is 2.40. The lowest BCUT2D eigenvalue weighted by Gasteiger charge is -2.20. The predicted octanol–water partition coefficient (Wildman–Crippen LogP) is 3.76. The lowest BCUT2D eigenvalue weighted by atomic mass is 9.86. The largest absolute Gasteiger partial charge is 0.456 e. The summed E-state index contributed by atoms with van der Waals surface area (Å²) in [4.78, 5) is 23.6. The van der Waals surface area contributed by atoms with E-state index >= 15 is 0 Å². The Morgan fingerprint density at radius 2 is 1.95 bits per heavy atom. The smallest absolute Gasteiger partial charge is 0.306 e. The normalized spacial score (nSPS) is 26.0. The number of nitrogens with one attached hydrogen (secondary N) is 1. The zero-order valence-corrected chi connectivity index (χ0v) is 14.0. The van der Waals surface area contributed by atoms with Crippen LogP contribution in [0.5, 0.6) is 0 Å². The fourth-order valence-electron chi connectivity index (χ4n) is 3.78. The summed E-state index contributed by atoms with van der Waals surface area (Å²) in [6, 6.07) is 7.27. The van der Waals surface area contributed by atoms with Gasteiger partial charge in [-0.3, -0.25) is 9.59 Å². The standard InChI is InChI=1S/C17H20BrNO3/c18-14-3-5-15(6-4-14)19-16(20)10-22-17(21)9-13-8-11-1-2-12(13)7-11/h3-6,11-13H,1-2,7-10H2,(H,19,20)/t11-,12-,13+/m1/s1. The molecule has 5 heteroatoms. The molecule has 22 heavy (non-hydrogen) atoms. The number of fused-ring (bicyclic) bond motifs is 2. The van der Waals surface area contributed by atoms with Gasteiger partial charge in [0.05, 0.1) is 0 Å². The number of benzene rings is 1. The Balaban J connectivity index is 1.39. The summed E-state index contributed by atoms with van der Waals surface area (Å²) in [6.45, 7) is -0.213. The van der Waals surface area contributed by atoms with Crippen molar-refractivity contribution >= 4 is 33.5 Å². The molecular formula is C17H20BrNO3. The quantitative estimate of drug-likeness (QED) is 0.808. The van der Waals surface area contributed by atoms with Gasteiger partial charge in [0.1, 0.15) is 0 Å². The first-order chi connectivity index (χ1) is 10.6. The zero-order chi connectivity index (χ0) is 15.5. The summed E-state index contributed by atoms with van der Waals surface area (Å²) in [6.07, 6.45) is 5.48. The van der Waals surface area contributed by atoms with Crippen LogP contribution in [0, 0.1) is 17.8 Å². The number of halogens is 1. The molecule has 0 heterocycles. The second kappa shape index (κ2) is 6.82. The van der Waals surface area contributed by atoms with Crippen molar-refractivity contribution in [2.24, 2.45) is 17.8 Å². The van der Waals surface area contributed by atoms with Crippen LogP contribution in [-0.2, 0) is 14.3 Å². The van der Waals surface area contributed by atoms with Gasteiger partial charge in [0.2, 0.25) is 0 Å². The van der Waals surface area contributed by atoms with E-state index in [9.17, 15) is 9.59 Å². The SMILES string of the molecule is O=C(COC(=O)C[C@@H]1C[C@@H]2CC[C@@H]1C2)Nc1ccc(Br)cc1. The molecule has 2 bridgehead atoms. The van der Waals surface area contributed by atoms with E-state index in [-0.39, 0.29) is 18.5 Å². The number of anilines is 1. The Bertz CT molecular complexity index is 558. The van der Waals surface area contributed by atoms with Crippen molar-refractivity contribution in [1.29, 1.82) is 0 Å². The molecule has 0 spiro atoms. The first kappa shape index (κ1) is 15.5.